The Hall–Kier alpha value is -1.89. The second-order valence-electron chi connectivity index (χ2n) is 4.28. The number of nitrogens with one attached hydrogen (secondary N) is 2. The molecular weight excluding hydrogens is 280 g/mol. The van der Waals surface area contributed by atoms with Gasteiger partial charge in [-0.25, -0.2) is 0 Å². The van der Waals surface area contributed by atoms with E-state index in [0.717, 1.165) is 0 Å². The van der Waals surface area contributed by atoms with Gasteiger partial charge in [0.15, 0.2) is 11.5 Å². The Morgan fingerprint density at radius 1 is 1.30 bits per heavy atom. The third-order valence-electron chi connectivity index (χ3n) is 2.69. The predicted octanol–water partition coefficient (Wildman–Crippen LogP) is 0.831. The lowest BCUT2D eigenvalue weighted by atomic mass is 10.2. The molecule has 1 heterocycles. The van der Waals surface area contributed by atoms with Crippen LogP contribution in [0.15, 0.2) is 18.2 Å². The van der Waals surface area contributed by atoms with E-state index in [4.69, 9.17) is 9.47 Å². The average molecular weight is 296 g/mol. The molecule has 0 spiro atoms. The molecule has 108 valence electrons. The number of fused-ring (bicyclic) bond motifs is 1. The van der Waals surface area contributed by atoms with E-state index in [2.05, 4.69) is 23.3 Å². The number of hydrogen-bond acceptors (Lipinski definition) is 5. The Morgan fingerprint density at radius 2 is 2.00 bits per heavy atom. The second kappa shape index (κ2) is 6.51. The van der Waals surface area contributed by atoms with Crippen molar-refractivity contribution in [3.05, 3.63) is 18.2 Å². The lowest BCUT2D eigenvalue weighted by molar-refractivity contribution is -0.124. The Kier molecular flexibility index (Phi) is 4.73. The van der Waals surface area contributed by atoms with Gasteiger partial charge in [-0.15, -0.1) is 0 Å². The molecule has 0 saturated carbocycles. The standard InChI is InChI=1S/C13H16N2O4S/c1-8(16)14-10(7-20)13(17)15-9-2-3-11-12(6-9)19-5-4-18-11/h2-3,6,10,20H,4-5,7H2,1H3,(H,14,16)(H,15,17). The van der Waals surface area contributed by atoms with Crippen molar-refractivity contribution in [1.82, 2.24) is 5.32 Å². The molecule has 2 rings (SSSR count). The van der Waals surface area contributed by atoms with E-state index in [1.54, 1.807) is 18.2 Å². The molecule has 1 aliphatic heterocycles. The number of carbonyl (C=O) groups excluding carboxylic acids is 2. The largest absolute Gasteiger partial charge is 0.486 e. The van der Waals surface area contributed by atoms with Gasteiger partial charge in [-0.3, -0.25) is 9.59 Å². The first-order chi connectivity index (χ1) is 9.60. The maximum absolute atomic E-state index is 12.0. The van der Waals surface area contributed by atoms with Gasteiger partial charge in [-0.05, 0) is 12.1 Å². The van der Waals surface area contributed by atoms with Crippen LogP contribution in [0.25, 0.3) is 0 Å². The van der Waals surface area contributed by atoms with Crippen molar-refractivity contribution in [2.24, 2.45) is 0 Å². The van der Waals surface area contributed by atoms with Crippen LogP contribution in [-0.2, 0) is 9.59 Å². The Labute approximate surface area is 122 Å². The minimum atomic E-state index is -0.677. The molecule has 0 aromatic heterocycles. The molecule has 0 saturated heterocycles. The van der Waals surface area contributed by atoms with E-state index in [1.807, 2.05) is 0 Å². The summed E-state index contributed by atoms with van der Waals surface area (Å²) in [5.41, 5.74) is 0.580. The first-order valence-electron chi connectivity index (χ1n) is 6.18. The van der Waals surface area contributed by atoms with Crippen molar-refractivity contribution in [3.8, 4) is 11.5 Å². The smallest absolute Gasteiger partial charge is 0.247 e. The lowest BCUT2D eigenvalue weighted by Crippen LogP contribution is -2.44. The van der Waals surface area contributed by atoms with Gasteiger partial charge in [0.1, 0.15) is 19.3 Å². The number of benzene rings is 1. The van der Waals surface area contributed by atoms with E-state index in [1.165, 1.54) is 6.92 Å². The summed E-state index contributed by atoms with van der Waals surface area (Å²) in [5.74, 6) is 0.863. The van der Waals surface area contributed by atoms with E-state index in [-0.39, 0.29) is 17.6 Å². The fraction of sp³-hybridized carbons (Fsp3) is 0.385. The molecule has 0 bridgehead atoms. The molecule has 1 unspecified atom stereocenters. The van der Waals surface area contributed by atoms with Crippen LogP contribution in [0.1, 0.15) is 6.92 Å². The molecule has 1 aromatic rings. The molecule has 1 aliphatic rings. The number of hydrogen-bond donors (Lipinski definition) is 3. The minimum Gasteiger partial charge on any atom is -0.486 e. The summed E-state index contributed by atoms with van der Waals surface area (Å²) in [4.78, 5) is 23.0. The van der Waals surface area contributed by atoms with Gasteiger partial charge in [0.2, 0.25) is 11.8 Å². The van der Waals surface area contributed by atoms with Crippen LogP contribution in [-0.4, -0.2) is 36.8 Å². The van der Waals surface area contributed by atoms with Crippen molar-refractivity contribution in [3.63, 3.8) is 0 Å². The van der Waals surface area contributed by atoms with Gasteiger partial charge in [-0.1, -0.05) is 0 Å². The van der Waals surface area contributed by atoms with Crippen molar-refractivity contribution in [1.29, 1.82) is 0 Å². The monoisotopic (exact) mass is 296 g/mol. The lowest BCUT2D eigenvalue weighted by Gasteiger charge is -2.20. The Morgan fingerprint density at radius 3 is 2.65 bits per heavy atom. The molecular formula is C13H16N2O4S. The summed E-state index contributed by atoms with van der Waals surface area (Å²) in [6.07, 6.45) is 0. The molecule has 0 aliphatic carbocycles. The minimum absolute atomic E-state index is 0.218. The van der Waals surface area contributed by atoms with Crippen molar-refractivity contribution in [2.45, 2.75) is 13.0 Å². The average Bonchev–Trinajstić information content (AvgIpc) is 2.44. The summed E-state index contributed by atoms with van der Waals surface area (Å²) >= 11 is 4.05. The zero-order chi connectivity index (χ0) is 14.5. The van der Waals surface area contributed by atoms with Crippen molar-refractivity contribution < 1.29 is 19.1 Å². The first kappa shape index (κ1) is 14.5. The molecule has 2 amide bonds. The number of amides is 2. The summed E-state index contributed by atoms with van der Waals surface area (Å²) in [7, 11) is 0. The molecule has 0 fully saturated rings. The SMILES string of the molecule is CC(=O)NC(CS)C(=O)Nc1ccc2c(c1)OCCO2. The van der Waals surface area contributed by atoms with Crippen molar-refractivity contribution in [2.75, 3.05) is 24.3 Å². The molecule has 1 aromatic carbocycles. The second-order valence-corrected chi connectivity index (χ2v) is 4.65. The highest BCUT2D eigenvalue weighted by Gasteiger charge is 2.19. The highest BCUT2D eigenvalue weighted by molar-refractivity contribution is 7.80. The van der Waals surface area contributed by atoms with Crippen LogP contribution in [0.2, 0.25) is 0 Å². The van der Waals surface area contributed by atoms with Crippen LogP contribution in [0.5, 0.6) is 11.5 Å². The van der Waals surface area contributed by atoms with Gasteiger partial charge < -0.3 is 20.1 Å². The van der Waals surface area contributed by atoms with Gasteiger partial charge in [-0.2, -0.15) is 12.6 Å². The summed E-state index contributed by atoms with van der Waals surface area (Å²) < 4.78 is 10.8. The number of anilines is 1. The molecule has 1 atom stereocenters. The predicted molar refractivity (Wildman–Crippen MR) is 77.5 cm³/mol. The Balaban J connectivity index is 2.05. The van der Waals surface area contributed by atoms with Gasteiger partial charge in [0, 0.05) is 24.4 Å². The van der Waals surface area contributed by atoms with E-state index < -0.39 is 6.04 Å². The quantitative estimate of drug-likeness (QED) is 0.719. The fourth-order valence-electron chi connectivity index (χ4n) is 1.79. The topological polar surface area (TPSA) is 76.7 Å². The number of ether oxygens (including phenoxy) is 2. The van der Waals surface area contributed by atoms with Gasteiger partial charge in [0.25, 0.3) is 0 Å². The summed E-state index contributed by atoms with van der Waals surface area (Å²) in [6, 6.07) is 4.46. The summed E-state index contributed by atoms with van der Waals surface area (Å²) in [5, 5.41) is 5.24. The maximum Gasteiger partial charge on any atom is 0.247 e. The highest BCUT2D eigenvalue weighted by atomic mass is 32.1. The number of thiol groups is 1. The van der Waals surface area contributed by atoms with Gasteiger partial charge in [0.05, 0.1) is 0 Å². The zero-order valence-electron chi connectivity index (χ0n) is 11.0. The fourth-order valence-corrected chi connectivity index (χ4v) is 2.05. The number of carbonyl (C=O) groups is 2. The molecule has 6 nitrogen and oxygen atoms in total. The maximum atomic E-state index is 12.0. The number of rotatable bonds is 4. The van der Waals surface area contributed by atoms with E-state index in [0.29, 0.717) is 30.4 Å². The van der Waals surface area contributed by atoms with Crippen LogP contribution in [0.3, 0.4) is 0 Å². The normalized spacial score (nSPS) is 14.3. The molecule has 2 N–H and O–H groups in total. The third kappa shape index (κ3) is 3.57. The van der Waals surface area contributed by atoms with Crippen LogP contribution >= 0.6 is 12.6 Å². The first-order valence-corrected chi connectivity index (χ1v) is 6.82. The van der Waals surface area contributed by atoms with Crippen molar-refractivity contribution >= 4 is 30.1 Å². The third-order valence-corrected chi connectivity index (χ3v) is 3.05. The van der Waals surface area contributed by atoms with E-state index >= 15 is 0 Å². The molecule has 7 heteroatoms. The highest BCUT2D eigenvalue weighted by Crippen LogP contribution is 2.32. The van der Waals surface area contributed by atoms with Gasteiger partial charge >= 0.3 is 0 Å². The van der Waals surface area contributed by atoms with Crippen LogP contribution in [0, 0.1) is 0 Å². The molecule has 0 radical (unpaired) electrons. The Bertz CT molecular complexity index is 521. The molecule has 20 heavy (non-hydrogen) atoms. The summed E-state index contributed by atoms with van der Waals surface area (Å²) in [6.45, 7) is 2.35. The van der Waals surface area contributed by atoms with Crippen LogP contribution < -0.4 is 20.1 Å². The van der Waals surface area contributed by atoms with E-state index in [9.17, 15) is 9.59 Å². The zero-order valence-corrected chi connectivity index (χ0v) is 11.9. The van der Waals surface area contributed by atoms with Crippen LogP contribution in [0.4, 0.5) is 5.69 Å².